The molecule has 0 spiro atoms. The first kappa shape index (κ1) is 18.0. The van der Waals surface area contributed by atoms with Crippen LogP contribution in [-0.2, 0) is 0 Å². The molecule has 0 radical (unpaired) electrons. The molecule has 0 N–H and O–H groups in total. The first-order valence-electron chi connectivity index (χ1n) is 9.02. The number of carbonyl (C=O) groups is 1. The van der Waals surface area contributed by atoms with Gasteiger partial charge in [-0.3, -0.25) is 9.69 Å². The zero-order chi connectivity index (χ0) is 18.3. The van der Waals surface area contributed by atoms with Gasteiger partial charge >= 0.3 is 0 Å². The number of carbonyl (C=O) groups excluding carboxylic acids is 1. The Hall–Kier alpha value is -1.36. The van der Waals surface area contributed by atoms with Crippen LogP contribution in [0.2, 0.25) is 5.02 Å². The van der Waals surface area contributed by atoms with Gasteiger partial charge < -0.3 is 4.74 Å². The Morgan fingerprint density at radius 2 is 1.88 bits per heavy atom. The van der Waals surface area contributed by atoms with Gasteiger partial charge in [-0.15, -0.1) is 0 Å². The van der Waals surface area contributed by atoms with Crippen molar-refractivity contribution in [3.8, 4) is 5.75 Å². The van der Waals surface area contributed by atoms with Gasteiger partial charge in [0.15, 0.2) is 11.9 Å². The highest BCUT2D eigenvalue weighted by Gasteiger charge is 2.53. The minimum Gasteiger partial charge on any atom is -0.482 e. The number of hydrogen-bond acceptors (Lipinski definition) is 3. The maximum Gasteiger partial charge on any atom is 0.190 e. The predicted octanol–water partition coefficient (Wildman–Crippen LogP) is 5.66. The van der Waals surface area contributed by atoms with Crippen molar-refractivity contribution in [2.24, 2.45) is 0 Å². The van der Waals surface area contributed by atoms with Crippen LogP contribution >= 0.6 is 27.5 Å². The van der Waals surface area contributed by atoms with Gasteiger partial charge in [-0.2, -0.15) is 0 Å². The second-order valence-electron chi connectivity index (χ2n) is 7.18. The lowest BCUT2D eigenvalue weighted by molar-refractivity contribution is -0.0154. The molecule has 136 valence electrons. The maximum atomic E-state index is 13.7. The second-order valence-corrected chi connectivity index (χ2v) is 8.51. The number of nitrogens with zero attached hydrogens (tertiary/aromatic N) is 1. The van der Waals surface area contributed by atoms with E-state index >= 15 is 0 Å². The van der Waals surface area contributed by atoms with Crippen LogP contribution in [0.4, 0.5) is 0 Å². The molecule has 0 bridgehead atoms. The highest BCUT2D eigenvalue weighted by molar-refractivity contribution is 9.10. The summed E-state index contributed by atoms with van der Waals surface area (Å²) < 4.78 is 7.31. The highest BCUT2D eigenvalue weighted by atomic mass is 79.9. The molecule has 0 saturated carbocycles. The Balaban J connectivity index is 1.88. The van der Waals surface area contributed by atoms with Gasteiger partial charge in [0.25, 0.3) is 0 Å². The molecule has 2 aliphatic rings. The van der Waals surface area contributed by atoms with Gasteiger partial charge in [-0.1, -0.05) is 52.2 Å². The van der Waals surface area contributed by atoms with Gasteiger partial charge in [-0.05, 0) is 57.1 Å². The summed E-state index contributed by atoms with van der Waals surface area (Å²) in [4.78, 5) is 16.0. The number of likely N-dealkylation sites (tertiary alicyclic amines) is 1. The van der Waals surface area contributed by atoms with Gasteiger partial charge in [0.1, 0.15) is 11.3 Å². The van der Waals surface area contributed by atoms with Gasteiger partial charge in [0.05, 0.1) is 5.56 Å². The zero-order valence-corrected chi connectivity index (χ0v) is 17.0. The smallest absolute Gasteiger partial charge is 0.190 e. The van der Waals surface area contributed by atoms with Crippen LogP contribution in [0, 0.1) is 0 Å². The summed E-state index contributed by atoms with van der Waals surface area (Å²) in [6.45, 7) is 3.81. The van der Waals surface area contributed by atoms with Gasteiger partial charge in [0, 0.05) is 15.1 Å². The molecule has 1 saturated heterocycles. The molecule has 2 aliphatic heterocycles. The Morgan fingerprint density at radius 3 is 2.62 bits per heavy atom. The van der Waals surface area contributed by atoms with E-state index in [1.807, 2.05) is 49.4 Å². The molecule has 5 heteroatoms. The van der Waals surface area contributed by atoms with Crippen molar-refractivity contribution in [2.45, 2.75) is 37.8 Å². The van der Waals surface area contributed by atoms with Crippen LogP contribution in [0.3, 0.4) is 0 Å². The topological polar surface area (TPSA) is 29.5 Å². The first-order valence-corrected chi connectivity index (χ1v) is 10.2. The summed E-state index contributed by atoms with van der Waals surface area (Å²) >= 11 is 9.99. The maximum absolute atomic E-state index is 13.7. The normalized spacial score (nSPS) is 26.3. The average Bonchev–Trinajstić information content (AvgIpc) is 2.66. The third kappa shape index (κ3) is 2.88. The fourth-order valence-electron chi connectivity index (χ4n) is 4.14. The molecule has 1 fully saturated rings. The summed E-state index contributed by atoms with van der Waals surface area (Å²) in [5, 5.41) is 0.633. The molecule has 0 aromatic heterocycles. The van der Waals surface area contributed by atoms with E-state index in [2.05, 4.69) is 20.8 Å². The van der Waals surface area contributed by atoms with Crippen LogP contribution < -0.4 is 4.74 Å². The van der Waals surface area contributed by atoms with E-state index < -0.39 is 11.6 Å². The van der Waals surface area contributed by atoms with Crippen molar-refractivity contribution < 1.29 is 9.53 Å². The third-order valence-corrected chi connectivity index (χ3v) is 6.44. The number of ether oxygens (including phenoxy) is 1. The molecule has 2 aromatic rings. The Kier molecular flexibility index (Phi) is 4.84. The molecule has 2 atom stereocenters. The molecule has 0 aliphatic carbocycles. The van der Waals surface area contributed by atoms with Crippen molar-refractivity contribution in [1.29, 1.82) is 0 Å². The Morgan fingerprint density at radius 1 is 1.15 bits per heavy atom. The van der Waals surface area contributed by atoms with Crippen LogP contribution in [-0.4, -0.2) is 29.3 Å². The lowest BCUT2D eigenvalue weighted by atomic mass is 9.77. The molecule has 4 rings (SSSR count). The van der Waals surface area contributed by atoms with E-state index in [4.69, 9.17) is 16.3 Å². The fraction of sp³-hybridized carbons (Fsp3) is 0.381. The average molecular weight is 435 g/mol. The standard InChI is InChI=1S/C21H21BrClNO2/c1-21(24-11-5-2-6-12-24)19(25)16-13-14(22)9-10-18(16)26-20(21)15-7-3-4-8-17(15)23/h3-4,7-10,13,20H,2,5-6,11-12H2,1H3. The Bertz CT molecular complexity index is 850. The quantitative estimate of drug-likeness (QED) is 0.610. The summed E-state index contributed by atoms with van der Waals surface area (Å²) in [6.07, 6.45) is 2.98. The largest absolute Gasteiger partial charge is 0.482 e. The lowest BCUT2D eigenvalue weighted by Gasteiger charge is -2.49. The summed E-state index contributed by atoms with van der Waals surface area (Å²) in [6, 6.07) is 13.3. The molecule has 26 heavy (non-hydrogen) atoms. The van der Waals surface area contributed by atoms with Crippen molar-refractivity contribution in [3.05, 3.63) is 63.1 Å². The molecular formula is C21H21BrClNO2. The SMILES string of the molecule is CC1(N2CCCCC2)C(=O)c2cc(Br)ccc2OC1c1ccccc1Cl. The van der Waals surface area contributed by atoms with E-state index in [-0.39, 0.29) is 5.78 Å². The minimum atomic E-state index is -0.779. The number of fused-ring (bicyclic) bond motifs is 1. The van der Waals surface area contributed by atoms with Gasteiger partial charge in [-0.25, -0.2) is 0 Å². The second kappa shape index (κ2) is 6.99. The third-order valence-electron chi connectivity index (χ3n) is 5.60. The first-order chi connectivity index (χ1) is 12.5. The summed E-state index contributed by atoms with van der Waals surface area (Å²) in [5.74, 6) is 0.726. The number of rotatable bonds is 2. The van der Waals surface area contributed by atoms with Crippen molar-refractivity contribution >= 4 is 33.3 Å². The number of piperidine rings is 1. The molecule has 2 heterocycles. The van der Waals surface area contributed by atoms with Crippen molar-refractivity contribution in [1.82, 2.24) is 4.90 Å². The summed E-state index contributed by atoms with van der Waals surface area (Å²) in [7, 11) is 0. The number of halogens is 2. The van der Waals surface area contributed by atoms with E-state index in [0.717, 1.165) is 36.0 Å². The molecule has 0 amide bonds. The lowest BCUT2D eigenvalue weighted by Crippen LogP contribution is -2.60. The predicted molar refractivity (Wildman–Crippen MR) is 107 cm³/mol. The molecule has 3 nitrogen and oxygen atoms in total. The Labute approximate surface area is 167 Å². The molecule has 2 aromatic carbocycles. The molecule has 2 unspecified atom stereocenters. The number of Topliss-reactive ketones (excluding diaryl/α,β-unsaturated/α-hetero) is 1. The monoisotopic (exact) mass is 433 g/mol. The van der Waals surface area contributed by atoms with Crippen molar-refractivity contribution in [2.75, 3.05) is 13.1 Å². The van der Waals surface area contributed by atoms with E-state index in [1.54, 1.807) is 0 Å². The molecular weight excluding hydrogens is 414 g/mol. The van der Waals surface area contributed by atoms with Crippen LogP contribution in [0.15, 0.2) is 46.9 Å². The fourth-order valence-corrected chi connectivity index (χ4v) is 4.73. The van der Waals surface area contributed by atoms with E-state index in [1.165, 1.54) is 6.42 Å². The van der Waals surface area contributed by atoms with Crippen LogP contribution in [0.25, 0.3) is 0 Å². The highest BCUT2D eigenvalue weighted by Crippen LogP contribution is 2.47. The number of benzene rings is 2. The number of ketones is 1. The van der Waals surface area contributed by atoms with Crippen molar-refractivity contribution in [3.63, 3.8) is 0 Å². The van der Waals surface area contributed by atoms with Crippen LogP contribution in [0.1, 0.15) is 48.2 Å². The van der Waals surface area contributed by atoms with E-state index in [9.17, 15) is 4.79 Å². The minimum absolute atomic E-state index is 0.104. The summed E-state index contributed by atoms with van der Waals surface area (Å²) in [5.41, 5.74) is 0.721. The number of hydrogen-bond donors (Lipinski definition) is 0. The van der Waals surface area contributed by atoms with E-state index in [0.29, 0.717) is 16.3 Å². The van der Waals surface area contributed by atoms with Crippen LogP contribution in [0.5, 0.6) is 5.75 Å². The zero-order valence-electron chi connectivity index (χ0n) is 14.7. The van der Waals surface area contributed by atoms with Gasteiger partial charge in [0.2, 0.25) is 0 Å².